The second kappa shape index (κ2) is 5.19. The molecule has 3 heterocycles. The predicted molar refractivity (Wildman–Crippen MR) is 73.3 cm³/mol. The second-order valence-electron chi connectivity index (χ2n) is 5.32. The number of hydrogen-bond donors (Lipinski definition) is 3. The fourth-order valence-electron chi connectivity index (χ4n) is 2.55. The summed E-state index contributed by atoms with van der Waals surface area (Å²) >= 11 is 0. The Morgan fingerprint density at radius 3 is 2.76 bits per heavy atom. The molecule has 1 fully saturated rings. The Balaban J connectivity index is 2.04. The van der Waals surface area contributed by atoms with Gasteiger partial charge in [0.15, 0.2) is 29.3 Å². The average molecular weight is 295 g/mol. The molecule has 21 heavy (non-hydrogen) atoms. The molecule has 1 aliphatic rings. The molecule has 2 aromatic heterocycles. The van der Waals surface area contributed by atoms with Crippen molar-refractivity contribution in [3.05, 3.63) is 12.7 Å². The van der Waals surface area contributed by atoms with Gasteiger partial charge < -0.3 is 25.6 Å². The summed E-state index contributed by atoms with van der Waals surface area (Å²) < 4.78 is 7.33. The molecule has 0 spiro atoms. The van der Waals surface area contributed by atoms with Crippen molar-refractivity contribution in [3.63, 3.8) is 0 Å². The van der Waals surface area contributed by atoms with E-state index in [-0.39, 0.29) is 6.61 Å². The van der Waals surface area contributed by atoms with Crippen molar-refractivity contribution >= 4 is 17.0 Å². The number of rotatable bonds is 3. The van der Waals surface area contributed by atoms with E-state index in [1.165, 1.54) is 6.33 Å². The molecule has 1 aliphatic heterocycles. The minimum absolute atomic E-state index is 0.188. The molecule has 9 nitrogen and oxygen atoms in total. The molecule has 0 aliphatic carbocycles. The van der Waals surface area contributed by atoms with Gasteiger partial charge in [0.25, 0.3) is 0 Å². The van der Waals surface area contributed by atoms with Gasteiger partial charge in [0, 0.05) is 14.1 Å². The third-order valence-corrected chi connectivity index (χ3v) is 3.74. The summed E-state index contributed by atoms with van der Waals surface area (Å²) in [5, 5.41) is 19.5. The number of anilines is 1. The summed E-state index contributed by atoms with van der Waals surface area (Å²) in [5.41, 5.74) is 5.05. The standard InChI is InChI=1S/C12H18N6O3/c1-17(2)10-8-11(15-4-14-10)18(5-16-8)12-9(20)7(13)6(3-19)21-12/h4-7,9,12,19-20H,3,13H2,1-2H3/p+1/t6-,7+,9+,12-/m0/s1. The third-order valence-electron chi connectivity index (χ3n) is 3.74. The van der Waals surface area contributed by atoms with Crippen LogP contribution in [-0.4, -0.2) is 68.7 Å². The number of ether oxygens (including phenoxy) is 1. The first-order valence-electron chi connectivity index (χ1n) is 6.67. The zero-order valence-electron chi connectivity index (χ0n) is 11.9. The van der Waals surface area contributed by atoms with Gasteiger partial charge >= 0.3 is 0 Å². The molecule has 2 aromatic rings. The lowest BCUT2D eigenvalue weighted by molar-refractivity contribution is -0.441. The normalized spacial score (nSPS) is 29.2. The van der Waals surface area contributed by atoms with Gasteiger partial charge in [-0.1, -0.05) is 0 Å². The molecule has 0 aromatic carbocycles. The monoisotopic (exact) mass is 295 g/mol. The Labute approximate surface area is 121 Å². The van der Waals surface area contributed by atoms with E-state index in [0.717, 1.165) is 0 Å². The van der Waals surface area contributed by atoms with Crippen LogP contribution in [0.5, 0.6) is 0 Å². The molecule has 3 rings (SSSR count). The van der Waals surface area contributed by atoms with Crippen LogP contribution in [0.4, 0.5) is 5.82 Å². The van der Waals surface area contributed by atoms with Crippen LogP contribution in [0.15, 0.2) is 12.7 Å². The fraction of sp³-hybridized carbons (Fsp3) is 0.583. The van der Waals surface area contributed by atoms with E-state index in [1.807, 2.05) is 19.0 Å². The molecule has 4 atom stereocenters. The summed E-state index contributed by atoms with van der Waals surface area (Å²) in [4.78, 5) is 14.6. The van der Waals surface area contributed by atoms with Gasteiger partial charge in [-0.15, -0.1) is 0 Å². The smallest absolute Gasteiger partial charge is 0.169 e. The Morgan fingerprint density at radius 1 is 1.38 bits per heavy atom. The molecule has 0 amide bonds. The van der Waals surface area contributed by atoms with E-state index in [0.29, 0.717) is 17.0 Å². The Hall–Kier alpha value is -1.81. The molecule has 1 saturated heterocycles. The summed E-state index contributed by atoms with van der Waals surface area (Å²) in [7, 11) is 3.74. The van der Waals surface area contributed by atoms with E-state index in [9.17, 15) is 10.2 Å². The summed E-state index contributed by atoms with van der Waals surface area (Å²) in [6, 6.07) is -0.410. The first-order chi connectivity index (χ1) is 10.0. The van der Waals surface area contributed by atoms with Crippen molar-refractivity contribution in [3.8, 4) is 0 Å². The number of fused-ring (bicyclic) bond motifs is 1. The number of aliphatic hydroxyl groups is 2. The summed E-state index contributed by atoms with van der Waals surface area (Å²) in [6.07, 6.45) is 1.00. The van der Waals surface area contributed by atoms with E-state index in [2.05, 4.69) is 20.7 Å². The molecule has 0 saturated carbocycles. The average Bonchev–Trinajstić information content (AvgIpc) is 3.01. The van der Waals surface area contributed by atoms with Crippen LogP contribution in [0.2, 0.25) is 0 Å². The minimum atomic E-state index is -0.836. The van der Waals surface area contributed by atoms with Crippen LogP contribution in [0.3, 0.4) is 0 Å². The van der Waals surface area contributed by atoms with Gasteiger partial charge in [0.1, 0.15) is 18.5 Å². The number of quaternary nitrogens is 1. The molecule has 0 unspecified atom stereocenters. The maximum absolute atomic E-state index is 10.3. The van der Waals surface area contributed by atoms with E-state index < -0.39 is 24.5 Å². The summed E-state index contributed by atoms with van der Waals surface area (Å²) in [5.74, 6) is 0.691. The van der Waals surface area contributed by atoms with Crippen molar-refractivity contribution in [2.75, 3.05) is 25.6 Å². The first kappa shape index (κ1) is 14.1. The molecule has 5 N–H and O–H groups in total. The molecule has 114 valence electrons. The number of hydrogen-bond acceptors (Lipinski definition) is 7. The largest absolute Gasteiger partial charge is 0.393 e. The van der Waals surface area contributed by atoms with Crippen LogP contribution < -0.4 is 10.6 Å². The van der Waals surface area contributed by atoms with Gasteiger partial charge in [0.05, 0.1) is 12.9 Å². The first-order valence-corrected chi connectivity index (χ1v) is 6.67. The zero-order valence-corrected chi connectivity index (χ0v) is 11.9. The lowest BCUT2D eigenvalue weighted by Crippen LogP contribution is -2.69. The predicted octanol–water partition coefficient (Wildman–Crippen LogP) is -2.25. The number of aromatic nitrogens is 4. The van der Waals surface area contributed by atoms with E-state index >= 15 is 0 Å². The maximum atomic E-state index is 10.3. The molecule has 9 heteroatoms. The van der Waals surface area contributed by atoms with Crippen LogP contribution in [-0.2, 0) is 4.74 Å². The van der Waals surface area contributed by atoms with Gasteiger partial charge in [-0.3, -0.25) is 4.57 Å². The van der Waals surface area contributed by atoms with Crippen molar-refractivity contribution in [1.29, 1.82) is 0 Å². The topological polar surface area (TPSA) is 124 Å². The van der Waals surface area contributed by atoms with Crippen LogP contribution in [0.25, 0.3) is 11.2 Å². The molecular formula is C12H19N6O3+. The highest BCUT2D eigenvalue weighted by Crippen LogP contribution is 2.30. The maximum Gasteiger partial charge on any atom is 0.169 e. The molecule has 0 radical (unpaired) electrons. The van der Waals surface area contributed by atoms with Gasteiger partial charge in [0.2, 0.25) is 0 Å². The molecular weight excluding hydrogens is 276 g/mol. The zero-order chi connectivity index (χ0) is 15.1. The van der Waals surface area contributed by atoms with Crippen molar-refractivity contribution in [2.24, 2.45) is 0 Å². The lowest BCUT2D eigenvalue weighted by atomic mass is 10.1. The van der Waals surface area contributed by atoms with Gasteiger partial charge in [-0.05, 0) is 0 Å². The highest BCUT2D eigenvalue weighted by atomic mass is 16.5. The fourth-order valence-corrected chi connectivity index (χ4v) is 2.55. The van der Waals surface area contributed by atoms with Crippen LogP contribution in [0, 0.1) is 0 Å². The Bertz CT molecular complexity index is 645. The van der Waals surface area contributed by atoms with Crippen molar-refractivity contribution in [2.45, 2.75) is 24.5 Å². The second-order valence-corrected chi connectivity index (χ2v) is 5.32. The number of aliphatic hydroxyl groups excluding tert-OH is 2. The SMILES string of the molecule is CN(C)c1ncnc2c1ncn2[C@H]1O[C@@H](CO)[C@@H]([NH3+])[C@H]1O. The highest BCUT2D eigenvalue weighted by molar-refractivity contribution is 5.83. The number of nitrogens with zero attached hydrogens (tertiary/aromatic N) is 5. The van der Waals surface area contributed by atoms with Gasteiger partial charge in [-0.2, -0.15) is 0 Å². The Kier molecular flexibility index (Phi) is 3.49. The highest BCUT2D eigenvalue weighted by Gasteiger charge is 2.45. The Morgan fingerprint density at radius 2 is 2.14 bits per heavy atom. The quantitative estimate of drug-likeness (QED) is 0.584. The number of imidazole rings is 1. The van der Waals surface area contributed by atoms with Crippen molar-refractivity contribution < 1.29 is 20.7 Å². The third kappa shape index (κ3) is 2.14. The molecule has 0 bridgehead atoms. The lowest BCUT2D eigenvalue weighted by Gasteiger charge is -2.16. The van der Waals surface area contributed by atoms with Crippen LogP contribution in [0.1, 0.15) is 6.23 Å². The van der Waals surface area contributed by atoms with Gasteiger partial charge in [-0.25, -0.2) is 15.0 Å². The van der Waals surface area contributed by atoms with Crippen LogP contribution >= 0.6 is 0 Å². The van der Waals surface area contributed by atoms with E-state index in [1.54, 1.807) is 10.9 Å². The van der Waals surface area contributed by atoms with Crippen molar-refractivity contribution in [1.82, 2.24) is 19.5 Å². The summed E-state index contributed by atoms with van der Waals surface area (Å²) in [6.45, 7) is -0.188. The minimum Gasteiger partial charge on any atom is -0.393 e. The van der Waals surface area contributed by atoms with E-state index in [4.69, 9.17) is 4.74 Å².